The van der Waals surface area contributed by atoms with Crippen LogP contribution >= 0.6 is 23.4 Å². The smallest absolute Gasteiger partial charge is 0.335 e. The molecule has 2 aromatic carbocycles. The lowest BCUT2D eigenvalue weighted by atomic mass is 10.2. The third-order valence-corrected chi connectivity index (χ3v) is 6.53. The molecule has 26 heavy (non-hydrogen) atoms. The molecule has 2 aromatic rings. The van der Waals surface area contributed by atoms with E-state index < -0.39 is 16.0 Å². The number of halogens is 1. The molecule has 0 amide bonds. The Bertz CT molecular complexity index is 940. The third-order valence-electron chi connectivity index (χ3n) is 4.07. The first-order valence-electron chi connectivity index (χ1n) is 7.88. The molecular formula is C17H17ClN2O4S2. The molecule has 0 bridgehead atoms. The van der Waals surface area contributed by atoms with E-state index in [2.05, 4.69) is 0 Å². The summed E-state index contributed by atoms with van der Waals surface area (Å²) in [6.07, 6.45) is 1.93. The maximum absolute atomic E-state index is 12.2. The summed E-state index contributed by atoms with van der Waals surface area (Å²) < 4.78 is 24.3. The molecule has 1 aliphatic rings. The van der Waals surface area contributed by atoms with Gasteiger partial charge in [0.2, 0.25) is 10.0 Å². The van der Waals surface area contributed by atoms with Crippen LogP contribution in [-0.2, 0) is 10.0 Å². The molecule has 138 valence electrons. The Hall–Kier alpha value is -1.74. The summed E-state index contributed by atoms with van der Waals surface area (Å²) >= 11 is 7.14. The zero-order valence-corrected chi connectivity index (χ0v) is 16.1. The minimum Gasteiger partial charge on any atom is -0.478 e. The molecule has 1 fully saturated rings. The van der Waals surface area contributed by atoms with Gasteiger partial charge in [0, 0.05) is 23.0 Å². The SMILES string of the molecule is NS(=O)(=O)c1cc(C(=O)O)cc(N2CCCC2)c1Sc1ccc(Cl)cc1. The molecule has 9 heteroatoms. The highest BCUT2D eigenvalue weighted by molar-refractivity contribution is 8.00. The van der Waals surface area contributed by atoms with Gasteiger partial charge in [-0.05, 0) is 49.2 Å². The zero-order valence-electron chi connectivity index (χ0n) is 13.7. The van der Waals surface area contributed by atoms with E-state index >= 15 is 0 Å². The van der Waals surface area contributed by atoms with Crippen molar-refractivity contribution in [3.05, 3.63) is 47.0 Å². The summed E-state index contributed by atoms with van der Waals surface area (Å²) in [5.74, 6) is -1.20. The van der Waals surface area contributed by atoms with Crippen molar-refractivity contribution in [3.63, 3.8) is 0 Å². The number of carboxylic acid groups (broad SMARTS) is 1. The number of primary sulfonamides is 1. The van der Waals surface area contributed by atoms with Crippen molar-refractivity contribution in [3.8, 4) is 0 Å². The molecule has 1 aliphatic heterocycles. The predicted molar refractivity (Wildman–Crippen MR) is 102 cm³/mol. The number of benzene rings is 2. The summed E-state index contributed by atoms with van der Waals surface area (Å²) in [4.78, 5) is 14.5. The number of rotatable bonds is 5. The van der Waals surface area contributed by atoms with Crippen LogP contribution in [0.1, 0.15) is 23.2 Å². The average Bonchev–Trinajstić information content (AvgIpc) is 3.10. The van der Waals surface area contributed by atoms with Crippen molar-refractivity contribution >= 4 is 45.0 Å². The van der Waals surface area contributed by atoms with E-state index in [1.54, 1.807) is 24.3 Å². The van der Waals surface area contributed by atoms with Crippen molar-refractivity contribution in [2.24, 2.45) is 5.14 Å². The van der Waals surface area contributed by atoms with Crippen LogP contribution in [0.3, 0.4) is 0 Å². The fraction of sp³-hybridized carbons (Fsp3) is 0.235. The van der Waals surface area contributed by atoms with E-state index in [0.29, 0.717) is 15.6 Å². The monoisotopic (exact) mass is 412 g/mol. The Kier molecular flexibility index (Phi) is 5.47. The van der Waals surface area contributed by atoms with Gasteiger partial charge in [0.05, 0.1) is 21.0 Å². The number of hydrogen-bond donors (Lipinski definition) is 2. The van der Waals surface area contributed by atoms with Gasteiger partial charge in [0.15, 0.2) is 0 Å². The molecule has 0 saturated carbocycles. The van der Waals surface area contributed by atoms with Crippen molar-refractivity contribution in [2.45, 2.75) is 27.5 Å². The van der Waals surface area contributed by atoms with Gasteiger partial charge in [-0.3, -0.25) is 0 Å². The number of carboxylic acids is 1. The first-order valence-corrected chi connectivity index (χ1v) is 10.6. The Morgan fingerprint density at radius 3 is 2.31 bits per heavy atom. The predicted octanol–water partition coefficient (Wildman–Crippen LogP) is 3.44. The lowest BCUT2D eigenvalue weighted by molar-refractivity contribution is 0.0696. The highest BCUT2D eigenvalue weighted by atomic mass is 35.5. The Balaban J connectivity index is 2.20. The molecular weight excluding hydrogens is 396 g/mol. The minimum absolute atomic E-state index is 0.101. The molecule has 3 rings (SSSR count). The van der Waals surface area contributed by atoms with Crippen LogP contribution < -0.4 is 10.0 Å². The largest absolute Gasteiger partial charge is 0.478 e. The normalized spacial score (nSPS) is 14.6. The molecule has 1 heterocycles. The highest BCUT2D eigenvalue weighted by Gasteiger charge is 2.26. The lowest BCUT2D eigenvalue weighted by Crippen LogP contribution is -2.22. The van der Waals surface area contributed by atoms with Crippen LogP contribution in [0, 0.1) is 0 Å². The number of carbonyl (C=O) groups is 1. The van der Waals surface area contributed by atoms with Gasteiger partial charge >= 0.3 is 5.97 Å². The number of aromatic carboxylic acids is 1. The minimum atomic E-state index is -4.11. The van der Waals surface area contributed by atoms with Gasteiger partial charge in [0.25, 0.3) is 0 Å². The second-order valence-electron chi connectivity index (χ2n) is 5.92. The molecule has 3 N–H and O–H groups in total. The van der Waals surface area contributed by atoms with Gasteiger partial charge < -0.3 is 10.0 Å². The molecule has 0 unspecified atom stereocenters. The molecule has 1 saturated heterocycles. The molecule has 6 nitrogen and oxygen atoms in total. The summed E-state index contributed by atoms with van der Waals surface area (Å²) in [5, 5.41) is 15.3. The first kappa shape index (κ1) is 19.0. The van der Waals surface area contributed by atoms with Crippen molar-refractivity contribution in [1.29, 1.82) is 0 Å². The second kappa shape index (κ2) is 7.48. The topological polar surface area (TPSA) is 101 Å². The van der Waals surface area contributed by atoms with Crippen LogP contribution in [0.25, 0.3) is 0 Å². The van der Waals surface area contributed by atoms with Gasteiger partial charge in [0.1, 0.15) is 0 Å². The zero-order chi connectivity index (χ0) is 18.9. The number of nitrogens with two attached hydrogens (primary N) is 1. The first-order chi connectivity index (χ1) is 12.3. The lowest BCUT2D eigenvalue weighted by Gasteiger charge is -2.23. The van der Waals surface area contributed by atoms with Gasteiger partial charge in [-0.2, -0.15) is 0 Å². The number of hydrogen-bond acceptors (Lipinski definition) is 5. The molecule has 0 atom stereocenters. The van der Waals surface area contributed by atoms with E-state index in [1.165, 1.54) is 17.8 Å². The highest BCUT2D eigenvalue weighted by Crippen LogP contribution is 2.42. The standard InChI is InChI=1S/C17H17ClN2O4S2/c18-12-3-5-13(6-4-12)25-16-14(20-7-1-2-8-20)9-11(17(21)22)10-15(16)26(19,23)24/h3-6,9-10H,1-2,7-8H2,(H,21,22)(H2,19,23,24). The van der Waals surface area contributed by atoms with Crippen molar-refractivity contribution in [1.82, 2.24) is 0 Å². The van der Waals surface area contributed by atoms with Crippen LogP contribution in [0.15, 0.2) is 51.1 Å². The van der Waals surface area contributed by atoms with Crippen molar-refractivity contribution in [2.75, 3.05) is 18.0 Å². The van der Waals surface area contributed by atoms with Crippen LogP contribution in [0.5, 0.6) is 0 Å². The maximum Gasteiger partial charge on any atom is 0.335 e. The van der Waals surface area contributed by atoms with Gasteiger partial charge in [-0.15, -0.1) is 0 Å². The number of sulfonamides is 1. The van der Waals surface area contributed by atoms with Crippen LogP contribution in [-0.4, -0.2) is 32.6 Å². The summed E-state index contributed by atoms with van der Waals surface area (Å²) in [6, 6.07) is 9.61. The number of nitrogens with zero attached hydrogens (tertiary/aromatic N) is 1. The molecule has 0 aliphatic carbocycles. The quantitative estimate of drug-likeness (QED) is 0.780. The Morgan fingerprint density at radius 2 is 1.77 bits per heavy atom. The van der Waals surface area contributed by atoms with E-state index in [-0.39, 0.29) is 10.5 Å². The molecule has 0 spiro atoms. The Morgan fingerprint density at radius 1 is 1.15 bits per heavy atom. The van der Waals surface area contributed by atoms with Gasteiger partial charge in [-0.25, -0.2) is 18.4 Å². The third kappa shape index (κ3) is 4.15. The summed E-state index contributed by atoms with van der Waals surface area (Å²) in [6.45, 7) is 1.47. The number of anilines is 1. The average molecular weight is 413 g/mol. The van der Waals surface area contributed by atoms with Gasteiger partial charge in [-0.1, -0.05) is 23.4 Å². The molecule has 0 radical (unpaired) electrons. The maximum atomic E-state index is 12.2. The van der Waals surface area contributed by atoms with E-state index in [1.807, 2.05) is 4.90 Å². The van der Waals surface area contributed by atoms with E-state index in [4.69, 9.17) is 16.7 Å². The fourth-order valence-electron chi connectivity index (χ4n) is 2.84. The van der Waals surface area contributed by atoms with Crippen molar-refractivity contribution < 1.29 is 18.3 Å². The second-order valence-corrected chi connectivity index (χ2v) is 8.97. The fourth-order valence-corrected chi connectivity index (χ4v) is 5.05. The Labute approximate surface area is 161 Å². The molecule has 0 aromatic heterocycles. The van der Waals surface area contributed by atoms with Crippen LogP contribution in [0.2, 0.25) is 5.02 Å². The summed E-state index contributed by atoms with van der Waals surface area (Å²) in [5.41, 5.74) is 0.475. The summed E-state index contributed by atoms with van der Waals surface area (Å²) in [7, 11) is -4.11. The van der Waals surface area contributed by atoms with Crippen LogP contribution in [0.4, 0.5) is 5.69 Å². The van der Waals surface area contributed by atoms with E-state index in [9.17, 15) is 18.3 Å². The van der Waals surface area contributed by atoms with E-state index in [0.717, 1.165) is 36.9 Å².